The molecule has 2 aromatic carbocycles. The molecular weight excluding hydrogens is 353 g/mol. The van der Waals surface area contributed by atoms with Gasteiger partial charge in [0.05, 0.1) is 19.1 Å². The Hall–Kier alpha value is -2.60. The molecule has 1 aliphatic heterocycles. The Labute approximate surface area is 154 Å². The highest BCUT2D eigenvalue weighted by Gasteiger charge is 2.25. The molecule has 6 heteroatoms. The van der Waals surface area contributed by atoms with E-state index in [1.165, 1.54) is 17.4 Å². The van der Waals surface area contributed by atoms with E-state index in [0.717, 1.165) is 22.2 Å². The lowest BCUT2D eigenvalue weighted by Gasteiger charge is -2.29. The van der Waals surface area contributed by atoms with Crippen molar-refractivity contribution in [2.24, 2.45) is 0 Å². The number of carbonyl (C=O) groups excluding carboxylic acids is 1. The van der Waals surface area contributed by atoms with Crippen molar-refractivity contribution >= 4 is 27.3 Å². The lowest BCUT2D eigenvalue weighted by Crippen LogP contribution is -2.35. The van der Waals surface area contributed by atoms with E-state index in [0.29, 0.717) is 34.9 Å². The number of hydrogen-bond donors (Lipinski definition) is 0. The summed E-state index contributed by atoms with van der Waals surface area (Å²) in [5, 5.41) is 0.504. The van der Waals surface area contributed by atoms with Gasteiger partial charge in [0.2, 0.25) is 0 Å². The van der Waals surface area contributed by atoms with Crippen molar-refractivity contribution in [2.45, 2.75) is 13.0 Å². The zero-order chi connectivity index (χ0) is 18.3. The van der Waals surface area contributed by atoms with Crippen LogP contribution in [0.2, 0.25) is 0 Å². The van der Waals surface area contributed by atoms with Crippen molar-refractivity contribution in [3.8, 4) is 11.5 Å². The molecule has 1 aromatic heterocycles. The fourth-order valence-electron chi connectivity index (χ4n) is 3.34. The predicted molar refractivity (Wildman–Crippen MR) is 99.8 cm³/mol. The lowest BCUT2D eigenvalue weighted by atomic mass is 9.98. The molecule has 4 rings (SSSR count). The van der Waals surface area contributed by atoms with E-state index in [4.69, 9.17) is 9.47 Å². The summed E-state index contributed by atoms with van der Waals surface area (Å²) < 4.78 is 25.4. The van der Waals surface area contributed by atoms with Crippen LogP contribution in [0.25, 0.3) is 10.1 Å². The smallest absolute Gasteiger partial charge is 0.264 e. The van der Waals surface area contributed by atoms with E-state index in [1.54, 1.807) is 31.3 Å². The van der Waals surface area contributed by atoms with Gasteiger partial charge in [0, 0.05) is 23.2 Å². The minimum absolute atomic E-state index is 0.0639. The molecule has 0 aliphatic carbocycles. The summed E-state index contributed by atoms with van der Waals surface area (Å²) in [6.07, 6.45) is 0.751. The summed E-state index contributed by atoms with van der Waals surface area (Å²) in [4.78, 5) is 15.3. The first kappa shape index (κ1) is 16.8. The van der Waals surface area contributed by atoms with Crippen molar-refractivity contribution in [2.75, 3.05) is 20.8 Å². The number of methoxy groups -OCH3 is 2. The fraction of sp³-hybridized carbons (Fsp3) is 0.250. The lowest BCUT2D eigenvalue weighted by molar-refractivity contribution is 0.0739. The normalized spacial score (nSPS) is 13.6. The Morgan fingerprint density at radius 3 is 2.54 bits per heavy atom. The molecular formula is C20H18FNO3S. The average molecular weight is 371 g/mol. The molecule has 0 fully saturated rings. The monoisotopic (exact) mass is 371 g/mol. The molecule has 2 heterocycles. The van der Waals surface area contributed by atoms with E-state index in [2.05, 4.69) is 0 Å². The van der Waals surface area contributed by atoms with Gasteiger partial charge in [-0.1, -0.05) is 6.07 Å². The second kappa shape index (κ2) is 6.61. The molecule has 0 saturated heterocycles. The molecule has 134 valence electrons. The van der Waals surface area contributed by atoms with Gasteiger partial charge in [0.25, 0.3) is 5.91 Å². The van der Waals surface area contributed by atoms with Gasteiger partial charge in [-0.3, -0.25) is 4.79 Å². The summed E-state index contributed by atoms with van der Waals surface area (Å²) in [5.41, 5.74) is 2.21. The van der Waals surface area contributed by atoms with Crippen LogP contribution < -0.4 is 9.47 Å². The Kier molecular flexibility index (Phi) is 4.28. The van der Waals surface area contributed by atoms with Crippen molar-refractivity contribution in [1.29, 1.82) is 0 Å². The number of hydrogen-bond acceptors (Lipinski definition) is 4. The quantitative estimate of drug-likeness (QED) is 0.691. The number of nitrogens with zero attached hydrogens (tertiary/aromatic N) is 1. The van der Waals surface area contributed by atoms with Crippen molar-refractivity contribution in [3.05, 3.63) is 58.2 Å². The maximum atomic E-state index is 13.9. The fourth-order valence-corrected chi connectivity index (χ4v) is 4.39. The Morgan fingerprint density at radius 2 is 1.85 bits per heavy atom. The zero-order valence-corrected chi connectivity index (χ0v) is 15.4. The minimum Gasteiger partial charge on any atom is -0.493 e. The van der Waals surface area contributed by atoms with E-state index in [-0.39, 0.29) is 11.7 Å². The van der Waals surface area contributed by atoms with Gasteiger partial charge in [-0.2, -0.15) is 0 Å². The maximum absolute atomic E-state index is 13.9. The highest BCUT2D eigenvalue weighted by molar-refractivity contribution is 7.20. The first-order valence-corrected chi connectivity index (χ1v) is 9.13. The van der Waals surface area contributed by atoms with Gasteiger partial charge in [-0.15, -0.1) is 11.3 Å². The molecule has 1 aliphatic rings. The number of halogens is 1. The van der Waals surface area contributed by atoms with E-state index < -0.39 is 0 Å². The van der Waals surface area contributed by atoms with Crippen LogP contribution in [0, 0.1) is 5.82 Å². The number of benzene rings is 2. The number of rotatable bonds is 3. The van der Waals surface area contributed by atoms with Crippen molar-refractivity contribution in [1.82, 2.24) is 4.90 Å². The van der Waals surface area contributed by atoms with Crippen molar-refractivity contribution in [3.63, 3.8) is 0 Å². The molecule has 0 N–H and O–H groups in total. The molecule has 0 radical (unpaired) electrons. The Balaban J connectivity index is 1.63. The maximum Gasteiger partial charge on any atom is 0.264 e. The van der Waals surface area contributed by atoms with Crippen molar-refractivity contribution < 1.29 is 18.7 Å². The van der Waals surface area contributed by atoms with Gasteiger partial charge in [0.15, 0.2) is 11.5 Å². The highest BCUT2D eigenvalue weighted by atomic mass is 32.1. The van der Waals surface area contributed by atoms with E-state index >= 15 is 0 Å². The zero-order valence-electron chi connectivity index (χ0n) is 14.5. The standard InChI is InChI=1S/C20H18FNO3S/c1-24-16-8-12-6-7-22(11-13(12)9-17(16)25-2)20(23)19-10-14-15(21)4-3-5-18(14)26-19/h3-5,8-10H,6-7,11H2,1-2H3. The van der Waals surface area contributed by atoms with E-state index in [1.807, 2.05) is 18.2 Å². The molecule has 0 bridgehead atoms. The van der Waals surface area contributed by atoms with Gasteiger partial charge in [0.1, 0.15) is 5.82 Å². The number of thiophene rings is 1. The SMILES string of the molecule is COc1cc2c(cc1OC)CN(C(=O)c1cc3c(F)cccc3s1)CC2. The molecule has 26 heavy (non-hydrogen) atoms. The summed E-state index contributed by atoms with van der Waals surface area (Å²) in [6.45, 7) is 1.13. The molecule has 0 saturated carbocycles. The molecule has 0 atom stereocenters. The molecule has 0 unspecified atom stereocenters. The van der Waals surface area contributed by atoms with Crippen LogP contribution in [0.1, 0.15) is 20.8 Å². The van der Waals surface area contributed by atoms with E-state index in [9.17, 15) is 9.18 Å². The van der Waals surface area contributed by atoms with Crippen LogP contribution in [-0.4, -0.2) is 31.6 Å². The third-order valence-corrected chi connectivity index (χ3v) is 5.81. The van der Waals surface area contributed by atoms with Gasteiger partial charge in [-0.05, 0) is 47.9 Å². The highest BCUT2D eigenvalue weighted by Crippen LogP contribution is 2.34. The molecule has 3 aromatic rings. The van der Waals surface area contributed by atoms with Crippen LogP contribution >= 0.6 is 11.3 Å². The average Bonchev–Trinajstić information content (AvgIpc) is 3.11. The van der Waals surface area contributed by atoms with Crippen LogP contribution in [-0.2, 0) is 13.0 Å². The summed E-state index contributed by atoms with van der Waals surface area (Å²) >= 11 is 1.33. The van der Waals surface area contributed by atoms with Crippen LogP contribution in [0.3, 0.4) is 0 Å². The van der Waals surface area contributed by atoms with Gasteiger partial charge in [-0.25, -0.2) is 4.39 Å². The van der Waals surface area contributed by atoms with Crippen LogP contribution in [0.4, 0.5) is 4.39 Å². The molecule has 1 amide bonds. The molecule has 4 nitrogen and oxygen atoms in total. The topological polar surface area (TPSA) is 38.8 Å². The number of ether oxygens (including phenoxy) is 2. The second-order valence-corrected chi connectivity index (χ2v) is 7.30. The Bertz CT molecular complexity index is 998. The third-order valence-electron chi connectivity index (χ3n) is 4.72. The van der Waals surface area contributed by atoms with Crippen LogP contribution in [0.5, 0.6) is 11.5 Å². The minimum atomic E-state index is -0.293. The molecule has 0 spiro atoms. The first-order chi connectivity index (χ1) is 12.6. The summed E-state index contributed by atoms with van der Waals surface area (Å²) in [7, 11) is 3.21. The predicted octanol–water partition coefficient (Wildman–Crippen LogP) is 4.26. The Morgan fingerprint density at radius 1 is 1.12 bits per heavy atom. The summed E-state index contributed by atoms with van der Waals surface area (Å²) in [5.74, 6) is 1.00. The first-order valence-electron chi connectivity index (χ1n) is 8.32. The number of fused-ring (bicyclic) bond motifs is 2. The third kappa shape index (κ3) is 2.80. The van der Waals surface area contributed by atoms with Gasteiger partial charge < -0.3 is 14.4 Å². The number of amides is 1. The number of carbonyl (C=O) groups is 1. The second-order valence-electron chi connectivity index (χ2n) is 6.21. The van der Waals surface area contributed by atoms with Crippen LogP contribution in [0.15, 0.2) is 36.4 Å². The largest absolute Gasteiger partial charge is 0.493 e. The summed E-state index contributed by atoms with van der Waals surface area (Å²) in [6, 6.07) is 10.5. The van der Waals surface area contributed by atoms with Gasteiger partial charge >= 0.3 is 0 Å².